The summed E-state index contributed by atoms with van der Waals surface area (Å²) >= 11 is 1.42. The minimum Gasteiger partial charge on any atom is -0.480 e. The van der Waals surface area contributed by atoms with Crippen molar-refractivity contribution in [3.63, 3.8) is 0 Å². The zero-order chi connectivity index (χ0) is 30.1. The van der Waals surface area contributed by atoms with E-state index in [2.05, 4.69) is 20.9 Å². The van der Waals surface area contributed by atoms with E-state index in [1.54, 1.807) is 0 Å². The van der Waals surface area contributed by atoms with Gasteiger partial charge in [0.2, 0.25) is 23.6 Å². The molecular formula is C25H40N8O6S. The number of aliphatic carboxylic acids is 1. The van der Waals surface area contributed by atoms with E-state index in [0.717, 1.165) is 5.56 Å². The Morgan fingerprint density at radius 3 is 2.00 bits per heavy atom. The fourth-order valence-electron chi connectivity index (χ4n) is 3.60. The molecule has 1 rings (SSSR count). The minimum absolute atomic E-state index is 0.0532. The predicted molar refractivity (Wildman–Crippen MR) is 153 cm³/mol. The van der Waals surface area contributed by atoms with E-state index in [-0.39, 0.29) is 44.6 Å². The molecule has 0 radical (unpaired) electrons. The molecule has 12 N–H and O–H groups in total. The van der Waals surface area contributed by atoms with Gasteiger partial charge in [-0.1, -0.05) is 30.3 Å². The first-order valence-electron chi connectivity index (χ1n) is 12.7. The van der Waals surface area contributed by atoms with E-state index in [4.69, 9.17) is 22.9 Å². The summed E-state index contributed by atoms with van der Waals surface area (Å²) in [6.45, 7) is 0.183. The third-order valence-electron chi connectivity index (χ3n) is 5.75. The zero-order valence-corrected chi connectivity index (χ0v) is 23.3. The Bertz CT molecular complexity index is 1020. The lowest BCUT2D eigenvalue weighted by Crippen LogP contribution is -2.57. The number of benzene rings is 1. The normalized spacial score (nSPS) is 13.7. The molecule has 15 heteroatoms. The summed E-state index contributed by atoms with van der Waals surface area (Å²) in [7, 11) is 0. The number of guanidine groups is 1. The van der Waals surface area contributed by atoms with Crippen LogP contribution in [0.1, 0.15) is 37.7 Å². The van der Waals surface area contributed by atoms with Crippen LogP contribution in [0, 0.1) is 0 Å². The van der Waals surface area contributed by atoms with Gasteiger partial charge in [0.25, 0.3) is 0 Å². The topological polar surface area (TPSA) is 258 Å². The van der Waals surface area contributed by atoms with Crippen molar-refractivity contribution >= 4 is 47.3 Å². The van der Waals surface area contributed by atoms with Crippen LogP contribution in [0.3, 0.4) is 0 Å². The lowest BCUT2D eigenvalue weighted by Gasteiger charge is -2.25. The van der Waals surface area contributed by atoms with Gasteiger partial charge < -0.3 is 44.0 Å². The molecule has 0 aliphatic carbocycles. The van der Waals surface area contributed by atoms with Gasteiger partial charge in [0, 0.05) is 13.0 Å². The van der Waals surface area contributed by atoms with Crippen LogP contribution in [0.2, 0.25) is 0 Å². The number of primary amides is 1. The molecule has 222 valence electrons. The molecule has 1 aromatic rings. The number of hydrogen-bond acceptors (Lipinski definition) is 8. The van der Waals surface area contributed by atoms with Gasteiger partial charge in [-0.3, -0.25) is 24.2 Å². The number of nitrogens with zero attached hydrogens (tertiary/aromatic N) is 1. The highest BCUT2D eigenvalue weighted by Crippen LogP contribution is 2.07. The fourth-order valence-corrected chi connectivity index (χ4v) is 4.08. The van der Waals surface area contributed by atoms with Crippen LogP contribution >= 0.6 is 11.8 Å². The van der Waals surface area contributed by atoms with Crippen LogP contribution in [-0.4, -0.2) is 83.4 Å². The van der Waals surface area contributed by atoms with Crippen LogP contribution in [0.15, 0.2) is 35.3 Å². The number of carboxylic acid groups (broad SMARTS) is 1. The van der Waals surface area contributed by atoms with Crippen LogP contribution in [0.4, 0.5) is 0 Å². The molecular weight excluding hydrogens is 540 g/mol. The fraction of sp³-hybridized carbons (Fsp3) is 0.520. The Morgan fingerprint density at radius 2 is 1.45 bits per heavy atom. The molecule has 4 unspecified atom stereocenters. The molecule has 0 bridgehead atoms. The summed E-state index contributed by atoms with van der Waals surface area (Å²) < 4.78 is 0. The molecule has 14 nitrogen and oxygen atoms in total. The molecule has 4 atom stereocenters. The minimum atomic E-state index is -1.26. The number of hydrogen-bond donors (Lipinski definition) is 8. The van der Waals surface area contributed by atoms with Gasteiger partial charge in [0.1, 0.15) is 18.1 Å². The summed E-state index contributed by atoms with van der Waals surface area (Å²) in [6, 6.07) is 4.54. The van der Waals surface area contributed by atoms with Crippen molar-refractivity contribution in [3.8, 4) is 0 Å². The molecule has 40 heavy (non-hydrogen) atoms. The van der Waals surface area contributed by atoms with Crippen LogP contribution in [0.5, 0.6) is 0 Å². The van der Waals surface area contributed by atoms with Gasteiger partial charge in [-0.2, -0.15) is 11.8 Å². The highest BCUT2D eigenvalue weighted by Gasteiger charge is 2.30. The Kier molecular flexibility index (Phi) is 15.8. The van der Waals surface area contributed by atoms with E-state index in [9.17, 15) is 29.1 Å². The second-order valence-electron chi connectivity index (χ2n) is 9.05. The number of aliphatic imine (C=N–C) groups is 1. The number of nitrogens with two attached hydrogens (primary N) is 4. The van der Waals surface area contributed by atoms with Crippen molar-refractivity contribution in [3.05, 3.63) is 35.9 Å². The summed E-state index contributed by atoms with van der Waals surface area (Å²) in [5.74, 6) is -3.66. The summed E-state index contributed by atoms with van der Waals surface area (Å²) in [4.78, 5) is 65.9. The van der Waals surface area contributed by atoms with Crippen LogP contribution in [0.25, 0.3) is 0 Å². The molecule has 4 amide bonds. The smallest absolute Gasteiger partial charge is 0.326 e. The van der Waals surface area contributed by atoms with Crippen molar-refractivity contribution < 1.29 is 29.1 Å². The first-order valence-corrected chi connectivity index (χ1v) is 14.1. The monoisotopic (exact) mass is 580 g/mol. The highest BCUT2D eigenvalue weighted by atomic mass is 32.2. The summed E-state index contributed by atoms with van der Waals surface area (Å²) in [5, 5.41) is 17.1. The molecule has 0 saturated heterocycles. The van der Waals surface area contributed by atoms with Gasteiger partial charge in [-0.05, 0) is 49.7 Å². The number of carbonyl (C=O) groups is 5. The zero-order valence-electron chi connectivity index (χ0n) is 22.5. The third-order valence-corrected chi connectivity index (χ3v) is 6.40. The third kappa shape index (κ3) is 13.8. The van der Waals surface area contributed by atoms with Crippen molar-refractivity contribution in [1.82, 2.24) is 16.0 Å². The molecule has 0 heterocycles. The highest BCUT2D eigenvalue weighted by molar-refractivity contribution is 7.98. The standard InChI is InChI=1S/C25H40N8O6S/c1-40-13-11-18(23(37)33-19(24(38)39)8-5-12-30-25(28)29)32-22(36)17(9-10-20(27)34)31-21(35)16(26)14-15-6-3-2-4-7-15/h2-4,6-7,16-19H,5,8-14,26H2,1H3,(H2,27,34)(H,31,35)(H,32,36)(H,33,37)(H,38,39)(H4,28,29,30). The lowest BCUT2D eigenvalue weighted by atomic mass is 10.0. The molecule has 0 spiro atoms. The summed E-state index contributed by atoms with van der Waals surface area (Å²) in [5.41, 5.74) is 22.6. The quantitative estimate of drug-likeness (QED) is 0.0515. The number of carbonyl (C=O) groups excluding carboxylic acids is 4. The Morgan fingerprint density at radius 1 is 0.875 bits per heavy atom. The molecule has 0 aliphatic rings. The van der Waals surface area contributed by atoms with Gasteiger partial charge in [0.05, 0.1) is 6.04 Å². The Balaban J connectivity index is 2.95. The molecule has 0 aromatic heterocycles. The molecule has 0 fully saturated rings. The largest absolute Gasteiger partial charge is 0.480 e. The average Bonchev–Trinajstić information content (AvgIpc) is 2.90. The maximum absolute atomic E-state index is 13.2. The number of thioether (sulfide) groups is 1. The number of rotatable bonds is 19. The number of nitrogens with one attached hydrogen (secondary N) is 3. The van der Waals surface area contributed by atoms with E-state index in [1.165, 1.54) is 11.8 Å². The van der Waals surface area contributed by atoms with Gasteiger partial charge in [-0.15, -0.1) is 0 Å². The van der Waals surface area contributed by atoms with Gasteiger partial charge in [-0.25, -0.2) is 4.79 Å². The van der Waals surface area contributed by atoms with Crippen molar-refractivity contribution in [2.45, 2.75) is 62.7 Å². The van der Waals surface area contributed by atoms with E-state index in [1.807, 2.05) is 36.6 Å². The first-order chi connectivity index (χ1) is 18.9. The van der Waals surface area contributed by atoms with Crippen molar-refractivity contribution in [1.29, 1.82) is 0 Å². The van der Waals surface area contributed by atoms with E-state index in [0.29, 0.717) is 12.2 Å². The van der Waals surface area contributed by atoms with Crippen LogP contribution in [-0.2, 0) is 30.4 Å². The average molecular weight is 581 g/mol. The SMILES string of the molecule is CSCCC(NC(=O)C(CCC(N)=O)NC(=O)C(N)Cc1ccccc1)C(=O)NC(CCCN=C(N)N)C(=O)O. The number of amides is 4. The van der Waals surface area contributed by atoms with Gasteiger partial charge >= 0.3 is 5.97 Å². The lowest BCUT2D eigenvalue weighted by molar-refractivity contribution is -0.142. The predicted octanol–water partition coefficient (Wildman–Crippen LogP) is -1.83. The maximum atomic E-state index is 13.2. The second kappa shape index (κ2) is 18.4. The van der Waals surface area contributed by atoms with E-state index < -0.39 is 53.8 Å². The molecule has 0 saturated carbocycles. The van der Waals surface area contributed by atoms with E-state index >= 15 is 0 Å². The Hall–Kier alpha value is -3.85. The Labute approximate surface area is 237 Å². The van der Waals surface area contributed by atoms with Gasteiger partial charge in [0.15, 0.2) is 5.96 Å². The molecule has 0 aliphatic heterocycles. The first kappa shape index (κ1) is 34.2. The van der Waals surface area contributed by atoms with Crippen molar-refractivity contribution in [2.75, 3.05) is 18.6 Å². The number of carboxylic acids is 1. The summed E-state index contributed by atoms with van der Waals surface area (Å²) in [6.07, 6.45) is 2.23. The maximum Gasteiger partial charge on any atom is 0.326 e. The second-order valence-corrected chi connectivity index (χ2v) is 10.0. The molecule has 1 aromatic carbocycles. The van der Waals surface area contributed by atoms with Crippen LogP contribution < -0.4 is 38.9 Å². The van der Waals surface area contributed by atoms with Crippen molar-refractivity contribution in [2.24, 2.45) is 27.9 Å².